The summed E-state index contributed by atoms with van der Waals surface area (Å²) in [7, 11) is 1.26. The number of hydrogen-bond acceptors (Lipinski definition) is 5. The fourth-order valence-electron chi connectivity index (χ4n) is 2.06. The van der Waals surface area contributed by atoms with E-state index in [-0.39, 0.29) is 24.5 Å². The molecule has 0 amide bonds. The Balaban J connectivity index is 2.07. The predicted molar refractivity (Wildman–Crippen MR) is 70.5 cm³/mol. The summed E-state index contributed by atoms with van der Waals surface area (Å²) < 4.78 is 15.2. The van der Waals surface area contributed by atoms with Gasteiger partial charge >= 0.3 is 5.97 Å². The van der Waals surface area contributed by atoms with Crippen molar-refractivity contribution in [1.82, 2.24) is 0 Å². The minimum absolute atomic E-state index is 0.158. The molecule has 0 N–H and O–H groups in total. The lowest BCUT2D eigenvalue weighted by Crippen LogP contribution is -2.23. The second-order valence-corrected chi connectivity index (χ2v) is 4.43. The topological polar surface area (TPSA) is 61.8 Å². The van der Waals surface area contributed by atoms with E-state index >= 15 is 0 Å². The average Bonchev–Trinajstić information content (AvgIpc) is 2.99. The Morgan fingerprint density at radius 2 is 1.85 bits per heavy atom. The van der Waals surface area contributed by atoms with Crippen LogP contribution >= 0.6 is 0 Å². The van der Waals surface area contributed by atoms with Crippen molar-refractivity contribution in [3.8, 4) is 0 Å². The second kappa shape index (κ2) is 6.75. The molecule has 0 radical (unpaired) electrons. The van der Waals surface area contributed by atoms with Crippen LogP contribution in [0.4, 0.5) is 0 Å². The molecule has 0 saturated carbocycles. The largest absolute Gasteiger partial charge is 0.469 e. The van der Waals surface area contributed by atoms with Crippen LogP contribution in [0.1, 0.15) is 24.3 Å². The Labute approximate surface area is 117 Å². The highest BCUT2D eigenvalue weighted by molar-refractivity contribution is 5.95. The zero-order valence-electron chi connectivity index (χ0n) is 11.2. The van der Waals surface area contributed by atoms with Gasteiger partial charge in [-0.05, 0) is 5.56 Å². The minimum Gasteiger partial charge on any atom is -0.469 e. The van der Waals surface area contributed by atoms with E-state index in [1.807, 2.05) is 30.3 Å². The number of carbonyl (C=O) groups excluding carboxylic acids is 2. The van der Waals surface area contributed by atoms with Crippen molar-refractivity contribution < 1.29 is 23.8 Å². The van der Waals surface area contributed by atoms with Crippen molar-refractivity contribution in [2.24, 2.45) is 0 Å². The van der Waals surface area contributed by atoms with Gasteiger partial charge in [-0.25, -0.2) is 0 Å². The Morgan fingerprint density at radius 1 is 1.20 bits per heavy atom. The fraction of sp³-hybridized carbons (Fsp3) is 0.333. The number of methoxy groups -OCH3 is 1. The molecule has 0 spiro atoms. The first-order valence-electron chi connectivity index (χ1n) is 6.30. The molecule has 1 unspecified atom stereocenters. The lowest BCUT2D eigenvalue weighted by atomic mass is 9.92. The van der Waals surface area contributed by atoms with Crippen LogP contribution in [-0.4, -0.2) is 25.2 Å². The summed E-state index contributed by atoms with van der Waals surface area (Å²) in [6, 6.07) is 9.47. The lowest BCUT2D eigenvalue weighted by Gasteiger charge is -2.22. The molecule has 1 aromatic carbocycles. The maximum atomic E-state index is 11.9. The van der Waals surface area contributed by atoms with Crippen LogP contribution in [-0.2, 0) is 23.8 Å². The van der Waals surface area contributed by atoms with Gasteiger partial charge in [-0.3, -0.25) is 9.59 Å². The number of ether oxygens (including phenoxy) is 3. The fourth-order valence-corrected chi connectivity index (χ4v) is 2.06. The number of hydrogen-bond donors (Lipinski definition) is 0. The summed E-state index contributed by atoms with van der Waals surface area (Å²) in [6.07, 6.45) is 2.28. The van der Waals surface area contributed by atoms with Gasteiger partial charge in [0.05, 0.1) is 13.0 Å². The van der Waals surface area contributed by atoms with E-state index in [9.17, 15) is 9.59 Å². The maximum absolute atomic E-state index is 11.9. The summed E-state index contributed by atoms with van der Waals surface area (Å²) >= 11 is 0. The summed E-state index contributed by atoms with van der Waals surface area (Å²) in [5, 5.41) is 0. The molecule has 1 atom stereocenters. The van der Waals surface area contributed by atoms with Crippen LogP contribution in [0.25, 0.3) is 0 Å². The highest BCUT2D eigenvalue weighted by Crippen LogP contribution is 2.29. The number of carbonyl (C=O) groups is 2. The van der Waals surface area contributed by atoms with E-state index in [4.69, 9.17) is 9.47 Å². The van der Waals surface area contributed by atoms with Gasteiger partial charge in [0.1, 0.15) is 24.7 Å². The van der Waals surface area contributed by atoms with Gasteiger partial charge in [0.2, 0.25) is 6.29 Å². The van der Waals surface area contributed by atoms with Crippen molar-refractivity contribution in [1.29, 1.82) is 0 Å². The highest BCUT2D eigenvalue weighted by Gasteiger charge is 2.30. The van der Waals surface area contributed by atoms with Crippen LogP contribution in [0.3, 0.4) is 0 Å². The van der Waals surface area contributed by atoms with Crippen molar-refractivity contribution >= 4 is 11.8 Å². The van der Waals surface area contributed by atoms with E-state index < -0.39 is 12.3 Å². The van der Waals surface area contributed by atoms with E-state index in [1.165, 1.54) is 19.6 Å². The van der Waals surface area contributed by atoms with E-state index in [2.05, 4.69) is 4.74 Å². The molecule has 0 aliphatic carbocycles. The summed E-state index contributed by atoms with van der Waals surface area (Å²) in [5.74, 6) is -0.999. The molecular weight excluding hydrogens is 260 g/mol. The van der Waals surface area contributed by atoms with E-state index in [0.717, 1.165) is 5.56 Å². The van der Waals surface area contributed by atoms with Gasteiger partial charge in [0.25, 0.3) is 0 Å². The number of benzene rings is 1. The van der Waals surface area contributed by atoms with E-state index in [1.54, 1.807) is 0 Å². The summed E-state index contributed by atoms with van der Waals surface area (Å²) in [4.78, 5) is 23.1. The first kappa shape index (κ1) is 14.1. The maximum Gasteiger partial charge on any atom is 0.313 e. The summed E-state index contributed by atoms with van der Waals surface area (Å²) in [5.41, 5.74) is 0.930. The molecule has 0 aromatic heterocycles. The molecule has 1 aliphatic heterocycles. The van der Waals surface area contributed by atoms with Crippen LogP contribution < -0.4 is 0 Å². The number of rotatable bonds is 6. The minimum atomic E-state index is -0.543. The third-order valence-corrected chi connectivity index (χ3v) is 3.05. The Hall–Kier alpha value is -2.30. The standard InChI is InChI=1S/C15H16O5/c1-18-14(17)10-12(16)9-13(15-19-7-8-20-15)11-5-3-2-4-6-11/h2-8,13,15H,9-10H2,1H3. The molecule has 1 aromatic rings. The molecule has 1 heterocycles. The van der Waals surface area contributed by atoms with Crippen molar-refractivity contribution in [2.45, 2.75) is 25.0 Å². The first-order valence-corrected chi connectivity index (χ1v) is 6.30. The molecule has 0 bridgehead atoms. The first-order chi connectivity index (χ1) is 9.70. The van der Waals surface area contributed by atoms with Crippen molar-refractivity contribution in [2.75, 3.05) is 7.11 Å². The van der Waals surface area contributed by atoms with E-state index in [0.29, 0.717) is 0 Å². The predicted octanol–water partition coefficient (Wildman–Crippen LogP) is 2.14. The van der Waals surface area contributed by atoms with Gasteiger partial charge in [-0.2, -0.15) is 0 Å². The quantitative estimate of drug-likeness (QED) is 0.588. The number of esters is 1. The smallest absolute Gasteiger partial charge is 0.313 e. The molecule has 1 aliphatic rings. The second-order valence-electron chi connectivity index (χ2n) is 4.43. The third-order valence-electron chi connectivity index (χ3n) is 3.05. The molecule has 5 nitrogen and oxygen atoms in total. The Kier molecular flexibility index (Phi) is 4.76. The molecule has 5 heteroatoms. The zero-order valence-corrected chi connectivity index (χ0v) is 11.2. The van der Waals surface area contributed by atoms with Crippen LogP contribution in [0.2, 0.25) is 0 Å². The number of Topliss-reactive ketones (excluding diaryl/α,β-unsaturated/α-hetero) is 1. The average molecular weight is 276 g/mol. The van der Waals surface area contributed by atoms with Gasteiger partial charge < -0.3 is 14.2 Å². The van der Waals surface area contributed by atoms with Crippen LogP contribution in [0.5, 0.6) is 0 Å². The van der Waals surface area contributed by atoms with Gasteiger partial charge in [0.15, 0.2) is 0 Å². The summed E-state index contributed by atoms with van der Waals surface area (Å²) in [6.45, 7) is 0. The van der Waals surface area contributed by atoms with Gasteiger partial charge in [-0.1, -0.05) is 30.3 Å². The molecule has 0 fully saturated rings. The van der Waals surface area contributed by atoms with Gasteiger partial charge in [-0.15, -0.1) is 0 Å². The highest BCUT2D eigenvalue weighted by atomic mass is 16.7. The molecule has 0 saturated heterocycles. The molecule has 20 heavy (non-hydrogen) atoms. The van der Waals surface area contributed by atoms with Crippen molar-refractivity contribution in [3.63, 3.8) is 0 Å². The monoisotopic (exact) mass is 276 g/mol. The van der Waals surface area contributed by atoms with Gasteiger partial charge in [0, 0.05) is 6.42 Å². The van der Waals surface area contributed by atoms with Crippen LogP contribution in [0.15, 0.2) is 42.9 Å². The molecule has 2 rings (SSSR count). The Bertz CT molecular complexity index is 486. The lowest BCUT2D eigenvalue weighted by molar-refractivity contribution is -0.143. The Morgan fingerprint density at radius 3 is 2.45 bits per heavy atom. The SMILES string of the molecule is COC(=O)CC(=O)CC(c1ccccc1)C1OC=CO1. The zero-order chi connectivity index (χ0) is 14.4. The normalized spacial score (nSPS) is 15.2. The van der Waals surface area contributed by atoms with Crippen molar-refractivity contribution in [3.05, 3.63) is 48.4 Å². The van der Waals surface area contributed by atoms with Crippen LogP contribution in [0, 0.1) is 0 Å². The molecule has 106 valence electrons. The molecular formula is C15H16O5. The number of ketones is 1. The third kappa shape index (κ3) is 3.60.